The Morgan fingerprint density at radius 1 is 1.09 bits per heavy atom. The average Bonchev–Trinajstić information content (AvgIpc) is 2.56. The topological polar surface area (TPSA) is 60.9 Å². The fraction of sp³-hybridized carbons (Fsp3) is 0.529. The van der Waals surface area contributed by atoms with Crippen LogP contribution in [0.2, 0.25) is 0 Å². The lowest BCUT2D eigenvalue weighted by Gasteiger charge is -2.29. The van der Waals surface area contributed by atoms with Crippen LogP contribution in [0.25, 0.3) is 0 Å². The minimum Gasteiger partial charge on any atom is -0.393 e. The molecule has 22 heavy (non-hydrogen) atoms. The van der Waals surface area contributed by atoms with E-state index in [9.17, 15) is 14.7 Å². The first-order chi connectivity index (χ1) is 10.6. The van der Waals surface area contributed by atoms with Gasteiger partial charge in [0, 0.05) is 37.3 Å². The van der Waals surface area contributed by atoms with E-state index in [2.05, 4.69) is 0 Å². The smallest absolute Gasteiger partial charge is 0.253 e. The van der Waals surface area contributed by atoms with Gasteiger partial charge in [-0.15, -0.1) is 0 Å². The number of hydrogen-bond acceptors (Lipinski definition) is 3. The van der Waals surface area contributed by atoms with Gasteiger partial charge in [0.25, 0.3) is 11.8 Å². The maximum absolute atomic E-state index is 12.4. The van der Waals surface area contributed by atoms with Crippen molar-refractivity contribution < 1.29 is 14.7 Å². The summed E-state index contributed by atoms with van der Waals surface area (Å²) < 4.78 is 0. The van der Waals surface area contributed by atoms with E-state index < -0.39 is 0 Å². The summed E-state index contributed by atoms with van der Waals surface area (Å²) in [6.45, 7) is 6.41. The van der Waals surface area contributed by atoms with Crippen LogP contribution in [0.4, 0.5) is 0 Å². The number of piperidine rings is 1. The van der Waals surface area contributed by atoms with E-state index >= 15 is 0 Å². The van der Waals surface area contributed by atoms with Gasteiger partial charge in [-0.1, -0.05) is 0 Å². The van der Waals surface area contributed by atoms with Crippen molar-refractivity contribution >= 4 is 11.8 Å². The Morgan fingerprint density at radius 2 is 1.59 bits per heavy atom. The molecule has 1 aromatic rings. The van der Waals surface area contributed by atoms with Crippen molar-refractivity contribution in [2.24, 2.45) is 0 Å². The van der Waals surface area contributed by atoms with Crippen LogP contribution >= 0.6 is 0 Å². The lowest BCUT2D eigenvalue weighted by Crippen LogP contribution is -2.40. The fourth-order valence-electron chi connectivity index (χ4n) is 2.70. The second-order valence-corrected chi connectivity index (χ2v) is 5.58. The van der Waals surface area contributed by atoms with E-state index in [-0.39, 0.29) is 17.9 Å². The highest BCUT2D eigenvalue weighted by Gasteiger charge is 2.22. The first kappa shape index (κ1) is 16.5. The first-order valence-electron chi connectivity index (χ1n) is 7.93. The minimum atomic E-state index is -0.293. The Balaban J connectivity index is 2.05. The van der Waals surface area contributed by atoms with Gasteiger partial charge in [0.15, 0.2) is 0 Å². The minimum absolute atomic E-state index is 0.00917. The van der Waals surface area contributed by atoms with Gasteiger partial charge < -0.3 is 14.9 Å². The third-order valence-electron chi connectivity index (χ3n) is 4.18. The molecule has 1 aliphatic rings. The van der Waals surface area contributed by atoms with Crippen molar-refractivity contribution in [1.29, 1.82) is 0 Å². The molecule has 0 aliphatic carbocycles. The monoisotopic (exact) mass is 304 g/mol. The van der Waals surface area contributed by atoms with Crippen LogP contribution in [0.5, 0.6) is 0 Å². The van der Waals surface area contributed by atoms with Gasteiger partial charge in [-0.2, -0.15) is 0 Å². The molecule has 120 valence electrons. The Bertz CT molecular complexity index is 515. The van der Waals surface area contributed by atoms with Gasteiger partial charge in [-0.05, 0) is 51.0 Å². The Kier molecular flexibility index (Phi) is 5.55. The van der Waals surface area contributed by atoms with Gasteiger partial charge in [0.2, 0.25) is 0 Å². The molecule has 0 radical (unpaired) electrons. The largest absolute Gasteiger partial charge is 0.393 e. The van der Waals surface area contributed by atoms with E-state index in [4.69, 9.17) is 0 Å². The number of aliphatic hydroxyl groups excluding tert-OH is 1. The lowest BCUT2D eigenvalue weighted by molar-refractivity contribution is 0.0546. The average molecular weight is 304 g/mol. The summed E-state index contributed by atoms with van der Waals surface area (Å²) in [7, 11) is 0. The van der Waals surface area contributed by atoms with Gasteiger partial charge in [-0.25, -0.2) is 0 Å². The van der Waals surface area contributed by atoms with E-state index in [1.54, 1.807) is 34.1 Å². The summed E-state index contributed by atoms with van der Waals surface area (Å²) in [5.41, 5.74) is 1.20. The van der Waals surface area contributed by atoms with Crippen LogP contribution in [0.15, 0.2) is 24.3 Å². The summed E-state index contributed by atoms with van der Waals surface area (Å²) in [4.78, 5) is 28.1. The molecule has 0 spiro atoms. The number of benzene rings is 1. The zero-order valence-corrected chi connectivity index (χ0v) is 13.3. The zero-order chi connectivity index (χ0) is 16.1. The molecule has 5 nitrogen and oxygen atoms in total. The number of hydrogen-bond donors (Lipinski definition) is 1. The lowest BCUT2D eigenvalue weighted by atomic mass is 10.1. The second kappa shape index (κ2) is 7.40. The normalized spacial score (nSPS) is 15.7. The van der Waals surface area contributed by atoms with Crippen molar-refractivity contribution in [3.8, 4) is 0 Å². The Labute approximate surface area is 131 Å². The molecule has 1 N–H and O–H groups in total. The number of rotatable bonds is 4. The van der Waals surface area contributed by atoms with E-state index in [0.717, 1.165) is 0 Å². The molecular weight excluding hydrogens is 280 g/mol. The van der Waals surface area contributed by atoms with Gasteiger partial charge in [-0.3, -0.25) is 9.59 Å². The molecule has 1 fully saturated rings. The van der Waals surface area contributed by atoms with Crippen LogP contribution in [0.1, 0.15) is 47.4 Å². The highest BCUT2D eigenvalue weighted by molar-refractivity contribution is 5.97. The molecule has 5 heteroatoms. The molecule has 1 heterocycles. The quantitative estimate of drug-likeness (QED) is 0.922. The van der Waals surface area contributed by atoms with Crippen LogP contribution in [-0.4, -0.2) is 59.0 Å². The second-order valence-electron chi connectivity index (χ2n) is 5.58. The fourth-order valence-corrected chi connectivity index (χ4v) is 2.70. The SMILES string of the molecule is CCN(CC)C(=O)c1ccc(C(=O)N2CCC(O)CC2)cc1. The van der Waals surface area contributed by atoms with Crippen molar-refractivity contribution in [3.63, 3.8) is 0 Å². The molecule has 0 unspecified atom stereocenters. The molecule has 1 saturated heterocycles. The van der Waals surface area contributed by atoms with Crippen molar-refractivity contribution in [2.75, 3.05) is 26.2 Å². The molecule has 2 amide bonds. The molecule has 0 saturated carbocycles. The van der Waals surface area contributed by atoms with Gasteiger partial charge >= 0.3 is 0 Å². The number of nitrogens with zero attached hydrogens (tertiary/aromatic N) is 2. The number of likely N-dealkylation sites (tertiary alicyclic amines) is 1. The number of amides is 2. The summed E-state index contributed by atoms with van der Waals surface area (Å²) in [5.74, 6) is -0.0427. The molecule has 0 bridgehead atoms. The predicted molar refractivity (Wildman–Crippen MR) is 84.8 cm³/mol. The predicted octanol–water partition coefficient (Wildman–Crippen LogP) is 1.77. The van der Waals surface area contributed by atoms with Gasteiger partial charge in [0.1, 0.15) is 0 Å². The molecule has 0 aromatic heterocycles. The van der Waals surface area contributed by atoms with Crippen LogP contribution in [-0.2, 0) is 0 Å². The standard InChI is InChI=1S/C17H24N2O3/c1-3-18(4-2)16(21)13-5-7-14(8-6-13)17(22)19-11-9-15(20)10-12-19/h5-8,15,20H,3-4,9-12H2,1-2H3. The summed E-state index contributed by atoms with van der Waals surface area (Å²) in [6.07, 6.45) is 0.965. The molecule has 0 atom stereocenters. The summed E-state index contributed by atoms with van der Waals surface area (Å²) >= 11 is 0. The van der Waals surface area contributed by atoms with Crippen molar-refractivity contribution in [2.45, 2.75) is 32.8 Å². The van der Waals surface area contributed by atoms with Crippen LogP contribution < -0.4 is 0 Å². The number of carbonyl (C=O) groups excluding carboxylic acids is 2. The molecular formula is C17H24N2O3. The van der Waals surface area contributed by atoms with E-state index in [0.29, 0.717) is 50.1 Å². The summed E-state index contributed by atoms with van der Waals surface area (Å²) in [6, 6.07) is 6.85. The Morgan fingerprint density at radius 3 is 2.09 bits per heavy atom. The summed E-state index contributed by atoms with van der Waals surface area (Å²) in [5, 5.41) is 9.50. The third-order valence-corrected chi connectivity index (χ3v) is 4.18. The van der Waals surface area contributed by atoms with Crippen molar-refractivity contribution in [3.05, 3.63) is 35.4 Å². The van der Waals surface area contributed by atoms with Crippen LogP contribution in [0, 0.1) is 0 Å². The zero-order valence-electron chi connectivity index (χ0n) is 13.3. The Hall–Kier alpha value is -1.88. The third kappa shape index (κ3) is 3.65. The maximum atomic E-state index is 12.4. The first-order valence-corrected chi connectivity index (χ1v) is 7.93. The van der Waals surface area contributed by atoms with Gasteiger partial charge in [0.05, 0.1) is 6.10 Å². The van der Waals surface area contributed by atoms with E-state index in [1.165, 1.54) is 0 Å². The molecule has 1 aliphatic heterocycles. The molecule has 1 aromatic carbocycles. The van der Waals surface area contributed by atoms with E-state index in [1.807, 2.05) is 13.8 Å². The number of aliphatic hydroxyl groups is 1. The highest BCUT2D eigenvalue weighted by Crippen LogP contribution is 2.15. The van der Waals surface area contributed by atoms with Crippen molar-refractivity contribution in [1.82, 2.24) is 9.80 Å². The maximum Gasteiger partial charge on any atom is 0.253 e. The highest BCUT2D eigenvalue weighted by atomic mass is 16.3. The number of carbonyl (C=O) groups is 2. The molecule has 2 rings (SSSR count). The van der Waals surface area contributed by atoms with Crippen LogP contribution in [0.3, 0.4) is 0 Å².